The maximum Gasteiger partial charge on any atom is 0.220 e. The smallest absolute Gasteiger partial charge is 0.220 e. The number of hydrogen-bond donors (Lipinski definition) is 2. The topological polar surface area (TPSA) is 90.0 Å². The number of para-hydroxylation sites is 2. The van der Waals surface area contributed by atoms with Crippen molar-refractivity contribution in [2.24, 2.45) is 10.9 Å². The van der Waals surface area contributed by atoms with Crippen molar-refractivity contribution in [2.75, 3.05) is 6.61 Å². The monoisotopic (exact) mass is 287 g/mol. The molecule has 0 fully saturated rings. The van der Waals surface area contributed by atoms with Gasteiger partial charge < -0.3 is 20.4 Å². The Kier molecular flexibility index (Phi) is 4.61. The predicted octanol–water partition coefficient (Wildman–Crippen LogP) is 2.68. The third kappa shape index (κ3) is 3.62. The second-order valence-corrected chi connectivity index (χ2v) is 4.30. The summed E-state index contributed by atoms with van der Waals surface area (Å²) in [6, 6.07) is 10.6. The number of rotatable bonds is 5. The number of oxime groups is 1. The van der Waals surface area contributed by atoms with Gasteiger partial charge in [-0.2, -0.15) is 0 Å². The van der Waals surface area contributed by atoms with Gasteiger partial charge >= 0.3 is 0 Å². The Morgan fingerprint density at radius 3 is 2.67 bits per heavy atom. The summed E-state index contributed by atoms with van der Waals surface area (Å²) in [4.78, 5) is 4.28. The highest BCUT2D eigenvalue weighted by Gasteiger charge is 2.09. The van der Waals surface area contributed by atoms with E-state index in [1.165, 1.54) is 0 Å². The Morgan fingerprint density at radius 2 is 2.00 bits per heavy atom. The van der Waals surface area contributed by atoms with Crippen molar-refractivity contribution in [3.63, 3.8) is 0 Å². The molecule has 2 aromatic rings. The summed E-state index contributed by atoms with van der Waals surface area (Å²) >= 11 is 0. The first-order valence-corrected chi connectivity index (χ1v) is 6.50. The summed E-state index contributed by atoms with van der Waals surface area (Å²) in [5, 5.41) is 11.7. The molecular weight excluding hydrogens is 270 g/mol. The van der Waals surface area contributed by atoms with Gasteiger partial charge in [0.25, 0.3) is 0 Å². The van der Waals surface area contributed by atoms with Crippen LogP contribution in [0.25, 0.3) is 0 Å². The van der Waals surface area contributed by atoms with E-state index in [0.717, 1.165) is 0 Å². The molecule has 0 aliphatic heterocycles. The number of ether oxygens (including phenoxy) is 2. The predicted molar refractivity (Wildman–Crippen MR) is 79.2 cm³/mol. The minimum atomic E-state index is 0.00319. The van der Waals surface area contributed by atoms with Crippen LogP contribution in [0, 0.1) is 6.92 Å². The molecule has 2 rings (SSSR count). The summed E-state index contributed by atoms with van der Waals surface area (Å²) in [5.74, 6) is 1.55. The molecule has 0 unspecified atom stereocenters. The Hall–Kier alpha value is -2.76. The molecule has 0 aliphatic rings. The maximum atomic E-state index is 8.76. The number of aromatic nitrogens is 1. The highest BCUT2D eigenvalue weighted by molar-refractivity contribution is 5.97. The zero-order valence-electron chi connectivity index (χ0n) is 11.9. The van der Waals surface area contributed by atoms with E-state index in [1.807, 2.05) is 25.1 Å². The van der Waals surface area contributed by atoms with Crippen molar-refractivity contribution in [1.82, 2.24) is 4.98 Å². The van der Waals surface area contributed by atoms with Gasteiger partial charge in [0.2, 0.25) is 5.88 Å². The normalized spacial score (nSPS) is 11.2. The molecule has 1 aromatic carbocycles. The Labute approximate surface area is 122 Å². The lowest BCUT2D eigenvalue weighted by molar-refractivity contribution is 0.318. The van der Waals surface area contributed by atoms with Crippen LogP contribution in [0.15, 0.2) is 41.6 Å². The lowest BCUT2D eigenvalue weighted by Gasteiger charge is -2.11. The van der Waals surface area contributed by atoms with E-state index >= 15 is 0 Å². The lowest BCUT2D eigenvalue weighted by atomic mass is 10.2. The van der Waals surface area contributed by atoms with Crippen molar-refractivity contribution < 1.29 is 14.7 Å². The quantitative estimate of drug-likeness (QED) is 0.382. The van der Waals surface area contributed by atoms with E-state index in [4.69, 9.17) is 20.4 Å². The van der Waals surface area contributed by atoms with Crippen LogP contribution >= 0.6 is 0 Å². The van der Waals surface area contributed by atoms with Crippen LogP contribution in [0.4, 0.5) is 0 Å². The van der Waals surface area contributed by atoms with Crippen LogP contribution in [-0.2, 0) is 0 Å². The van der Waals surface area contributed by atoms with E-state index in [1.54, 1.807) is 25.1 Å². The Balaban J connectivity index is 2.34. The van der Waals surface area contributed by atoms with Gasteiger partial charge in [-0.15, -0.1) is 0 Å². The average molecular weight is 287 g/mol. The zero-order valence-corrected chi connectivity index (χ0v) is 11.9. The van der Waals surface area contributed by atoms with E-state index < -0.39 is 0 Å². The molecule has 3 N–H and O–H groups in total. The molecular formula is C15H17N3O3. The van der Waals surface area contributed by atoms with Crippen molar-refractivity contribution in [1.29, 1.82) is 0 Å². The summed E-state index contributed by atoms with van der Waals surface area (Å²) in [5.41, 5.74) is 6.83. The molecule has 0 radical (unpaired) electrons. The fraction of sp³-hybridized carbons (Fsp3) is 0.200. The molecule has 0 saturated heterocycles. The highest BCUT2D eigenvalue weighted by atomic mass is 16.5. The first kappa shape index (κ1) is 14.6. The Morgan fingerprint density at radius 1 is 1.29 bits per heavy atom. The molecule has 110 valence electrons. The minimum Gasteiger partial charge on any atom is -0.490 e. The number of pyridine rings is 1. The first-order valence-electron chi connectivity index (χ1n) is 6.50. The highest BCUT2D eigenvalue weighted by Crippen LogP contribution is 2.30. The van der Waals surface area contributed by atoms with Crippen LogP contribution in [0.3, 0.4) is 0 Å². The molecule has 0 amide bonds. The zero-order chi connectivity index (χ0) is 15.2. The fourth-order valence-electron chi connectivity index (χ4n) is 1.82. The average Bonchev–Trinajstić information content (AvgIpc) is 2.48. The van der Waals surface area contributed by atoms with Crippen LogP contribution in [-0.4, -0.2) is 22.6 Å². The van der Waals surface area contributed by atoms with Crippen molar-refractivity contribution in [3.05, 3.63) is 47.7 Å². The van der Waals surface area contributed by atoms with Gasteiger partial charge in [-0.3, -0.25) is 0 Å². The number of benzene rings is 1. The molecule has 6 heteroatoms. The second kappa shape index (κ2) is 6.60. The summed E-state index contributed by atoms with van der Waals surface area (Å²) in [7, 11) is 0. The van der Waals surface area contributed by atoms with Gasteiger partial charge in [-0.25, -0.2) is 4.98 Å². The summed E-state index contributed by atoms with van der Waals surface area (Å²) < 4.78 is 11.2. The molecule has 0 aliphatic carbocycles. The molecule has 1 heterocycles. The molecule has 1 aromatic heterocycles. The summed E-state index contributed by atoms with van der Waals surface area (Å²) in [6.07, 6.45) is 0. The van der Waals surface area contributed by atoms with Gasteiger partial charge in [0.15, 0.2) is 17.3 Å². The Bertz CT molecular complexity index is 656. The number of nitrogens with zero attached hydrogens (tertiary/aromatic N) is 2. The van der Waals surface area contributed by atoms with Gasteiger partial charge in [0.1, 0.15) is 0 Å². The van der Waals surface area contributed by atoms with Crippen LogP contribution in [0.1, 0.15) is 18.2 Å². The minimum absolute atomic E-state index is 0.00319. The van der Waals surface area contributed by atoms with Gasteiger partial charge in [0, 0.05) is 17.3 Å². The van der Waals surface area contributed by atoms with Crippen LogP contribution in [0.5, 0.6) is 17.4 Å². The third-order valence-electron chi connectivity index (χ3n) is 2.70. The molecule has 21 heavy (non-hydrogen) atoms. The summed E-state index contributed by atoms with van der Waals surface area (Å²) in [6.45, 7) is 4.24. The largest absolute Gasteiger partial charge is 0.490 e. The number of nitrogens with two attached hydrogens (primary N) is 1. The maximum absolute atomic E-state index is 8.76. The van der Waals surface area contributed by atoms with E-state index in [2.05, 4.69) is 10.1 Å². The third-order valence-corrected chi connectivity index (χ3v) is 2.70. The SMILES string of the molecule is CCOc1ccccc1Oc1cc(/C(N)=N/O)cc(C)n1. The standard InChI is InChI=1S/C15H17N3O3/c1-3-20-12-6-4-5-7-13(12)21-14-9-11(15(16)18-19)8-10(2)17-14/h4-9,19H,3H2,1-2H3,(H2,16,18). The molecule has 0 bridgehead atoms. The molecule has 0 spiro atoms. The van der Waals surface area contributed by atoms with E-state index in [0.29, 0.717) is 35.2 Å². The van der Waals surface area contributed by atoms with Gasteiger partial charge in [-0.05, 0) is 32.0 Å². The fourth-order valence-corrected chi connectivity index (χ4v) is 1.82. The lowest BCUT2D eigenvalue weighted by Crippen LogP contribution is -2.13. The van der Waals surface area contributed by atoms with E-state index in [9.17, 15) is 0 Å². The molecule has 0 saturated carbocycles. The first-order chi connectivity index (χ1) is 10.1. The van der Waals surface area contributed by atoms with Crippen LogP contribution < -0.4 is 15.2 Å². The second-order valence-electron chi connectivity index (χ2n) is 4.30. The van der Waals surface area contributed by atoms with Gasteiger partial charge in [0.05, 0.1) is 6.61 Å². The van der Waals surface area contributed by atoms with E-state index in [-0.39, 0.29) is 5.84 Å². The molecule has 6 nitrogen and oxygen atoms in total. The number of hydrogen-bond acceptors (Lipinski definition) is 5. The van der Waals surface area contributed by atoms with Crippen molar-refractivity contribution in [3.8, 4) is 17.4 Å². The number of aryl methyl sites for hydroxylation is 1. The van der Waals surface area contributed by atoms with Gasteiger partial charge in [-0.1, -0.05) is 17.3 Å². The number of amidine groups is 1. The van der Waals surface area contributed by atoms with Crippen molar-refractivity contribution >= 4 is 5.84 Å². The van der Waals surface area contributed by atoms with Crippen molar-refractivity contribution in [2.45, 2.75) is 13.8 Å². The molecule has 0 atom stereocenters. The van der Waals surface area contributed by atoms with Crippen LogP contribution in [0.2, 0.25) is 0 Å².